The summed E-state index contributed by atoms with van der Waals surface area (Å²) in [5, 5.41) is 0.733. The van der Waals surface area contributed by atoms with Crippen LogP contribution in [0, 0.1) is 5.92 Å². The van der Waals surface area contributed by atoms with Crippen molar-refractivity contribution in [3.63, 3.8) is 0 Å². The monoisotopic (exact) mass is 284 g/mol. The molecule has 0 radical (unpaired) electrons. The zero-order valence-electron chi connectivity index (χ0n) is 11.2. The third-order valence-electron chi connectivity index (χ3n) is 2.87. The third-order valence-corrected chi connectivity index (χ3v) is 3.45. The molecule has 0 atom stereocenters. The summed E-state index contributed by atoms with van der Waals surface area (Å²) >= 11 is 11.2. The van der Waals surface area contributed by atoms with Crippen LogP contribution in [0.2, 0.25) is 5.02 Å². The van der Waals surface area contributed by atoms with E-state index >= 15 is 0 Å². The molecule has 1 rings (SSSR count). The van der Waals surface area contributed by atoms with Gasteiger partial charge in [0.1, 0.15) is 4.99 Å². The Kier molecular flexibility index (Phi) is 6.06. The molecule has 0 bridgehead atoms. The highest BCUT2D eigenvalue weighted by Gasteiger charge is 2.07. The summed E-state index contributed by atoms with van der Waals surface area (Å²) in [7, 11) is 2.11. The van der Waals surface area contributed by atoms with Gasteiger partial charge in [-0.25, -0.2) is 0 Å². The maximum Gasteiger partial charge on any atom is 0.104 e. The Bertz CT molecular complexity index is 418. The second kappa shape index (κ2) is 7.07. The number of hydrogen-bond donors (Lipinski definition) is 1. The molecule has 1 aromatic carbocycles. The molecule has 0 amide bonds. The lowest BCUT2D eigenvalue weighted by Gasteiger charge is -2.18. The fourth-order valence-corrected chi connectivity index (χ4v) is 2.04. The average Bonchev–Trinajstić information content (AvgIpc) is 2.29. The predicted octanol–water partition coefficient (Wildman–Crippen LogP) is 3.45. The van der Waals surface area contributed by atoms with Gasteiger partial charge in [-0.3, -0.25) is 0 Å². The van der Waals surface area contributed by atoms with Crippen molar-refractivity contribution >= 4 is 28.8 Å². The molecular formula is C14H21ClN2S. The number of rotatable bonds is 6. The first-order valence-electron chi connectivity index (χ1n) is 6.17. The fraction of sp³-hybridized carbons (Fsp3) is 0.500. The largest absolute Gasteiger partial charge is 0.389 e. The van der Waals surface area contributed by atoms with Gasteiger partial charge in [-0.15, -0.1) is 0 Å². The lowest BCUT2D eigenvalue weighted by molar-refractivity contribution is 0.303. The lowest BCUT2D eigenvalue weighted by atomic mass is 10.1. The van der Waals surface area contributed by atoms with Gasteiger partial charge in [-0.2, -0.15) is 0 Å². The van der Waals surface area contributed by atoms with Crippen LogP contribution in [-0.2, 0) is 6.54 Å². The Balaban J connectivity index is 2.64. The van der Waals surface area contributed by atoms with Gasteiger partial charge in [-0.1, -0.05) is 49.8 Å². The predicted molar refractivity (Wildman–Crippen MR) is 83.1 cm³/mol. The molecule has 0 aromatic heterocycles. The van der Waals surface area contributed by atoms with E-state index in [-0.39, 0.29) is 0 Å². The average molecular weight is 285 g/mol. The Hall–Kier alpha value is -0.640. The van der Waals surface area contributed by atoms with Gasteiger partial charge in [-0.05, 0) is 37.6 Å². The fourth-order valence-electron chi connectivity index (χ4n) is 1.68. The van der Waals surface area contributed by atoms with Crippen molar-refractivity contribution < 1.29 is 0 Å². The standard InChI is InChI=1S/C14H21ClN2S/c1-10(2)6-7-17(3)9-12-5-4-11(14(16)18)8-13(12)15/h4-5,8,10H,6-7,9H2,1-3H3,(H2,16,18). The molecule has 0 saturated carbocycles. The van der Waals surface area contributed by atoms with Crippen molar-refractivity contribution in [2.45, 2.75) is 26.8 Å². The molecule has 100 valence electrons. The molecule has 2 N–H and O–H groups in total. The Morgan fingerprint density at radius 3 is 2.61 bits per heavy atom. The van der Waals surface area contributed by atoms with Gasteiger partial charge in [0.15, 0.2) is 0 Å². The summed E-state index contributed by atoms with van der Waals surface area (Å²) in [6.07, 6.45) is 1.19. The molecule has 4 heteroatoms. The molecule has 0 unspecified atom stereocenters. The highest BCUT2D eigenvalue weighted by atomic mass is 35.5. The van der Waals surface area contributed by atoms with Crippen molar-refractivity contribution in [3.05, 3.63) is 34.3 Å². The molecule has 2 nitrogen and oxygen atoms in total. The molecule has 0 saturated heterocycles. The Labute approximate surface area is 120 Å². The van der Waals surface area contributed by atoms with Gasteiger partial charge in [0.25, 0.3) is 0 Å². The van der Waals surface area contributed by atoms with Crippen LogP contribution in [0.3, 0.4) is 0 Å². The van der Waals surface area contributed by atoms with Gasteiger partial charge in [0.2, 0.25) is 0 Å². The van der Waals surface area contributed by atoms with Crippen molar-refractivity contribution in [3.8, 4) is 0 Å². The van der Waals surface area contributed by atoms with E-state index in [9.17, 15) is 0 Å². The van der Waals surface area contributed by atoms with E-state index in [0.29, 0.717) is 4.99 Å². The number of benzene rings is 1. The smallest absolute Gasteiger partial charge is 0.104 e. The number of hydrogen-bond acceptors (Lipinski definition) is 2. The van der Waals surface area contributed by atoms with E-state index in [2.05, 4.69) is 25.8 Å². The van der Waals surface area contributed by atoms with Gasteiger partial charge >= 0.3 is 0 Å². The quantitative estimate of drug-likeness (QED) is 0.811. The Morgan fingerprint density at radius 2 is 2.11 bits per heavy atom. The second-order valence-electron chi connectivity index (χ2n) is 5.09. The first kappa shape index (κ1) is 15.4. The van der Waals surface area contributed by atoms with Crippen LogP contribution in [0.5, 0.6) is 0 Å². The summed E-state index contributed by atoms with van der Waals surface area (Å²) in [6, 6.07) is 5.78. The van der Waals surface area contributed by atoms with E-state index in [0.717, 1.165) is 35.2 Å². The molecule has 0 fully saturated rings. The normalized spacial score (nSPS) is 11.2. The number of halogens is 1. The minimum Gasteiger partial charge on any atom is -0.389 e. The van der Waals surface area contributed by atoms with Crippen LogP contribution in [-0.4, -0.2) is 23.5 Å². The van der Waals surface area contributed by atoms with Crippen LogP contribution >= 0.6 is 23.8 Å². The van der Waals surface area contributed by atoms with E-state index in [4.69, 9.17) is 29.6 Å². The summed E-state index contributed by atoms with van der Waals surface area (Å²) < 4.78 is 0. The van der Waals surface area contributed by atoms with Crippen molar-refractivity contribution in [2.24, 2.45) is 11.7 Å². The van der Waals surface area contributed by atoms with Crippen LogP contribution in [0.15, 0.2) is 18.2 Å². The second-order valence-corrected chi connectivity index (χ2v) is 5.94. The maximum atomic E-state index is 6.24. The van der Waals surface area contributed by atoms with Gasteiger partial charge in [0.05, 0.1) is 0 Å². The maximum absolute atomic E-state index is 6.24. The summed E-state index contributed by atoms with van der Waals surface area (Å²) in [4.78, 5) is 2.67. The van der Waals surface area contributed by atoms with Crippen LogP contribution < -0.4 is 5.73 Å². The summed E-state index contributed by atoms with van der Waals surface area (Å²) in [5.74, 6) is 0.722. The number of nitrogens with zero attached hydrogens (tertiary/aromatic N) is 1. The lowest BCUT2D eigenvalue weighted by Crippen LogP contribution is -2.20. The van der Waals surface area contributed by atoms with Crippen LogP contribution in [0.4, 0.5) is 0 Å². The van der Waals surface area contributed by atoms with Crippen LogP contribution in [0.1, 0.15) is 31.4 Å². The molecule has 0 aliphatic carbocycles. The molecule has 18 heavy (non-hydrogen) atoms. The van der Waals surface area contributed by atoms with Crippen molar-refractivity contribution in [1.29, 1.82) is 0 Å². The molecular weight excluding hydrogens is 264 g/mol. The molecule has 0 aliphatic rings. The van der Waals surface area contributed by atoms with Gasteiger partial charge in [0, 0.05) is 17.1 Å². The molecule has 0 spiro atoms. The van der Waals surface area contributed by atoms with E-state index in [1.165, 1.54) is 6.42 Å². The summed E-state index contributed by atoms with van der Waals surface area (Å²) in [5.41, 5.74) is 7.51. The van der Waals surface area contributed by atoms with E-state index < -0.39 is 0 Å². The van der Waals surface area contributed by atoms with Crippen molar-refractivity contribution in [2.75, 3.05) is 13.6 Å². The van der Waals surface area contributed by atoms with E-state index in [1.54, 1.807) is 0 Å². The number of thiocarbonyl (C=S) groups is 1. The SMILES string of the molecule is CC(C)CCN(C)Cc1ccc(C(N)=S)cc1Cl. The minimum atomic E-state index is 0.386. The third kappa shape index (κ3) is 4.92. The van der Waals surface area contributed by atoms with Crippen LogP contribution in [0.25, 0.3) is 0 Å². The van der Waals surface area contributed by atoms with Crippen molar-refractivity contribution in [1.82, 2.24) is 4.90 Å². The minimum absolute atomic E-state index is 0.386. The molecule has 0 heterocycles. The van der Waals surface area contributed by atoms with E-state index in [1.807, 2.05) is 18.2 Å². The topological polar surface area (TPSA) is 29.3 Å². The Morgan fingerprint density at radius 1 is 1.44 bits per heavy atom. The summed E-state index contributed by atoms with van der Waals surface area (Å²) in [6.45, 7) is 6.39. The zero-order chi connectivity index (χ0) is 13.7. The number of nitrogens with two attached hydrogens (primary N) is 1. The highest BCUT2D eigenvalue weighted by Crippen LogP contribution is 2.19. The zero-order valence-corrected chi connectivity index (χ0v) is 12.8. The van der Waals surface area contributed by atoms with Gasteiger partial charge < -0.3 is 10.6 Å². The molecule has 1 aromatic rings. The first-order valence-corrected chi connectivity index (χ1v) is 6.95. The highest BCUT2D eigenvalue weighted by molar-refractivity contribution is 7.80. The first-order chi connectivity index (χ1) is 8.40. The molecule has 0 aliphatic heterocycles.